The van der Waals surface area contributed by atoms with Gasteiger partial charge in [-0.3, -0.25) is 4.79 Å². The van der Waals surface area contributed by atoms with E-state index < -0.39 is 0 Å². The number of ether oxygens (including phenoxy) is 1. The fourth-order valence-electron chi connectivity index (χ4n) is 2.24. The molecule has 2 rings (SSSR count). The van der Waals surface area contributed by atoms with E-state index in [0.29, 0.717) is 12.4 Å². The summed E-state index contributed by atoms with van der Waals surface area (Å²) in [6.07, 6.45) is 6.09. The second kappa shape index (κ2) is 7.09. The van der Waals surface area contributed by atoms with Crippen molar-refractivity contribution in [3.63, 3.8) is 0 Å². The molecule has 0 aliphatic carbocycles. The van der Waals surface area contributed by atoms with Crippen molar-refractivity contribution in [3.8, 4) is 5.88 Å². The van der Waals surface area contributed by atoms with Crippen molar-refractivity contribution in [3.05, 3.63) is 23.9 Å². The van der Waals surface area contributed by atoms with Gasteiger partial charge in [0, 0.05) is 18.8 Å². The summed E-state index contributed by atoms with van der Waals surface area (Å²) in [4.78, 5) is 16.1. The van der Waals surface area contributed by atoms with Gasteiger partial charge in [-0.2, -0.15) is 0 Å². The molecule has 2 N–H and O–H groups in total. The predicted molar refractivity (Wildman–Crippen MR) is 72.9 cm³/mol. The van der Waals surface area contributed by atoms with Crippen LogP contribution in [0, 0.1) is 0 Å². The topological polar surface area (TPSA) is 63.2 Å². The van der Waals surface area contributed by atoms with Crippen LogP contribution in [0.4, 0.5) is 0 Å². The van der Waals surface area contributed by atoms with Gasteiger partial charge in [0.2, 0.25) is 11.8 Å². The lowest BCUT2D eigenvalue weighted by Crippen LogP contribution is -2.43. The number of carbonyl (C=O) groups is 1. The first-order chi connectivity index (χ1) is 9.29. The molecule has 0 bridgehead atoms. The molecule has 1 atom stereocenters. The highest BCUT2D eigenvalue weighted by Gasteiger charge is 2.18. The summed E-state index contributed by atoms with van der Waals surface area (Å²) in [5.74, 6) is 0.650. The smallest absolute Gasteiger partial charge is 0.237 e. The van der Waals surface area contributed by atoms with E-state index in [4.69, 9.17) is 4.74 Å². The van der Waals surface area contributed by atoms with Gasteiger partial charge in [-0.25, -0.2) is 4.98 Å². The van der Waals surface area contributed by atoms with Gasteiger partial charge in [-0.1, -0.05) is 12.8 Å². The van der Waals surface area contributed by atoms with E-state index in [1.807, 2.05) is 12.1 Å². The molecule has 1 aromatic rings. The van der Waals surface area contributed by atoms with E-state index in [9.17, 15) is 4.79 Å². The molecule has 19 heavy (non-hydrogen) atoms. The summed E-state index contributed by atoms with van der Waals surface area (Å²) in [5.41, 5.74) is 0.994. The largest absolute Gasteiger partial charge is 0.481 e. The average Bonchev–Trinajstić information content (AvgIpc) is 2.74. The fourth-order valence-corrected chi connectivity index (χ4v) is 2.24. The predicted octanol–water partition coefficient (Wildman–Crippen LogP) is 1.24. The van der Waals surface area contributed by atoms with Crippen LogP contribution in [0.3, 0.4) is 0 Å². The minimum absolute atomic E-state index is 0.0498. The van der Waals surface area contributed by atoms with Gasteiger partial charge in [0.05, 0.1) is 13.2 Å². The summed E-state index contributed by atoms with van der Waals surface area (Å²) >= 11 is 0. The minimum Gasteiger partial charge on any atom is -0.481 e. The zero-order chi connectivity index (χ0) is 13.5. The molecule has 1 unspecified atom stereocenters. The molecular formula is C14H21N3O2. The zero-order valence-corrected chi connectivity index (χ0v) is 11.3. The second-order valence-electron chi connectivity index (χ2n) is 4.78. The quantitative estimate of drug-likeness (QED) is 0.858. The van der Waals surface area contributed by atoms with Crippen molar-refractivity contribution in [2.24, 2.45) is 0 Å². The first kappa shape index (κ1) is 13.8. The molecule has 1 fully saturated rings. The molecule has 0 spiro atoms. The van der Waals surface area contributed by atoms with Crippen LogP contribution in [0.15, 0.2) is 18.3 Å². The molecule has 1 aliphatic rings. The standard InChI is InChI=1S/C14H21N3O2/c1-19-13-9-11(6-8-16-13)10-17-14(18)12-5-3-2-4-7-15-12/h6,8-9,12,15H,2-5,7,10H2,1H3,(H,17,18). The van der Waals surface area contributed by atoms with Gasteiger partial charge in [0.1, 0.15) is 0 Å². The van der Waals surface area contributed by atoms with E-state index >= 15 is 0 Å². The third-order valence-corrected chi connectivity index (χ3v) is 3.35. The summed E-state index contributed by atoms with van der Waals surface area (Å²) in [5, 5.41) is 6.25. The molecule has 0 saturated carbocycles. The highest BCUT2D eigenvalue weighted by molar-refractivity contribution is 5.81. The molecule has 1 amide bonds. The molecule has 104 valence electrons. The summed E-state index contributed by atoms with van der Waals surface area (Å²) < 4.78 is 5.06. The van der Waals surface area contributed by atoms with Crippen molar-refractivity contribution in [2.45, 2.75) is 38.3 Å². The normalized spacial score (nSPS) is 19.5. The Morgan fingerprint density at radius 3 is 3.26 bits per heavy atom. The number of aromatic nitrogens is 1. The first-order valence-electron chi connectivity index (χ1n) is 6.79. The van der Waals surface area contributed by atoms with E-state index in [0.717, 1.165) is 31.4 Å². The number of hydrogen-bond donors (Lipinski definition) is 2. The van der Waals surface area contributed by atoms with Gasteiger partial charge < -0.3 is 15.4 Å². The maximum atomic E-state index is 12.1. The number of pyridine rings is 1. The van der Waals surface area contributed by atoms with Crippen LogP contribution in [-0.4, -0.2) is 30.6 Å². The van der Waals surface area contributed by atoms with E-state index in [1.54, 1.807) is 13.3 Å². The molecule has 1 aliphatic heterocycles. The SMILES string of the molecule is COc1cc(CNC(=O)C2CCCCCN2)ccn1. The van der Waals surface area contributed by atoms with Gasteiger partial charge >= 0.3 is 0 Å². The van der Waals surface area contributed by atoms with Gasteiger partial charge in [-0.15, -0.1) is 0 Å². The van der Waals surface area contributed by atoms with Crippen LogP contribution >= 0.6 is 0 Å². The van der Waals surface area contributed by atoms with E-state index in [2.05, 4.69) is 15.6 Å². The number of rotatable bonds is 4. The number of carbonyl (C=O) groups excluding carboxylic acids is 1. The molecule has 1 aromatic heterocycles. The number of nitrogens with zero attached hydrogens (tertiary/aromatic N) is 1. The number of nitrogens with one attached hydrogen (secondary N) is 2. The third kappa shape index (κ3) is 4.21. The molecule has 5 nitrogen and oxygen atoms in total. The zero-order valence-electron chi connectivity index (χ0n) is 11.3. The number of hydrogen-bond acceptors (Lipinski definition) is 4. The lowest BCUT2D eigenvalue weighted by atomic mass is 10.1. The average molecular weight is 263 g/mol. The van der Waals surface area contributed by atoms with E-state index in [-0.39, 0.29) is 11.9 Å². The van der Waals surface area contributed by atoms with Crippen molar-refractivity contribution < 1.29 is 9.53 Å². The summed E-state index contributed by atoms with van der Waals surface area (Å²) in [6.45, 7) is 1.44. The molecule has 0 radical (unpaired) electrons. The Labute approximate surface area is 113 Å². The maximum Gasteiger partial charge on any atom is 0.237 e. The number of amides is 1. The molecular weight excluding hydrogens is 242 g/mol. The van der Waals surface area contributed by atoms with Gasteiger partial charge in [0.15, 0.2) is 0 Å². The van der Waals surface area contributed by atoms with Crippen LogP contribution in [-0.2, 0) is 11.3 Å². The minimum atomic E-state index is -0.0498. The van der Waals surface area contributed by atoms with Crippen molar-refractivity contribution in [1.29, 1.82) is 0 Å². The lowest BCUT2D eigenvalue weighted by molar-refractivity contribution is -0.123. The molecule has 0 aromatic carbocycles. The van der Waals surface area contributed by atoms with E-state index in [1.165, 1.54) is 6.42 Å². The third-order valence-electron chi connectivity index (χ3n) is 3.35. The second-order valence-corrected chi connectivity index (χ2v) is 4.78. The lowest BCUT2D eigenvalue weighted by Gasteiger charge is -2.15. The Kier molecular flexibility index (Phi) is 5.15. The first-order valence-corrected chi connectivity index (χ1v) is 6.79. The Bertz CT molecular complexity index is 415. The fraction of sp³-hybridized carbons (Fsp3) is 0.571. The van der Waals surface area contributed by atoms with Gasteiger partial charge in [0.25, 0.3) is 0 Å². The van der Waals surface area contributed by atoms with Gasteiger partial charge in [-0.05, 0) is 31.0 Å². The number of methoxy groups -OCH3 is 1. The Balaban J connectivity index is 1.84. The maximum absolute atomic E-state index is 12.1. The van der Waals surface area contributed by atoms with Crippen LogP contribution < -0.4 is 15.4 Å². The van der Waals surface area contributed by atoms with Crippen molar-refractivity contribution in [2.75, 3.05) is 13.7 Å². The Morgan fingerprint density at radius 1 is 1.53 bits per heavy atom. The van der Waals surface area contributed by atoms with Crippen LogP contribution in [0.25, 0.3) is 0 Å². The highest BCUT2D eigenvalue weighted by atomic mass is 16.5. The van der Waals surface area contributed by atoms with Crippen LogP contribution in [0.5, 0.6) is 5.88 Å². The Hall–Kier alpha value is -1.62. The Morgan fingerprint density at radius 2 is 2.42 bits per heavy atom. The van der Waals surface area contributed by atoms with Crippen molar-refractivity contribution in [1.82, 2.24) is 15.6 Å². The monoisotopic (exact) mass is 263 g/mol. The molecule has 5 heteroatoms. The van der Waals surface area contributed by atoms with Crippen molar-refractivity contribution >= 4 is 5.91 Å². The van der Waals surface area contributed by atoms with Crippen LogP contribution in [0.1, 0.15) is 31.2 Å². The highest BCUT2D eigenvalue weighted by Crippen LogP contribution is 2.10. The summed E-state index contributed by atoms with van der Waals surface area (Å²) in [7, 11) is 1.58. The summed E-state index contributed by atoms with van der Waals surface area (Å²) in [6, 6.07) is 3.66. The van der Waals surface area contributed by atoms with Crippen LogP contribution in [0.2, 0.25) is 0 Å². The molecule has 1 saturated heterocycles. The molecule has 2 heterocycles.